The Hall–Kier alpha value is -7.56. The maximum atomic E-state index is 5.52. The highest BCUT2D eigenvalue weighted by molar-refractivity contribution is 6.21. The summed E-state index contributed by atoms with van der Waals surface area (Å²) >= 11 is 0. The summed E-state index contributed by atoms with van der Waals surface area (Å²) in [5.74, 6) is 1.60. The number of rotatable bonds is 3. The van der Waals surface area contributed by atoms with Gasteiger partial charge < -0.3 is 4.57 Å². The smallest absolute Gasteiger partial charge is 0.162 e. The maximum absolute atomic E-state index is 5.52. The van der Waals surface area contributed by atoms with Gasteiger partial charge in [-0.05, 0) is 104 Å². The van der Waals surface area contributed by atoms with Crippen molar-refractivity contribution in [3.05, 3.63) is 193 Å². The molecule has 0 bridgehead atoms. The lowest BCUT2D eigenvalue weighted by molar-refractivity contribution is 0.660. The van der Waals surface area contributed by atoms with Gasteiger partial charge in [-0.3, -0.25) is 4.57 Å². The molecule has 13 rings (SSSR count). The number of para-hydroxylation sites is 3. The highest BCUT2D eigenvalue weighted by Gasteiger charge is 2.35. The van der Waals surface area contributed by atoms with Gasteiger partial charge in [0.1, 0.15) is 5.82 Å². The SMILES string of the molecule is CC1(C)c2ccccc2-c2ccc(-c3nc(-n4c5ccccc5c5cc6ccc(-n7c8ccccc8c8c9ccccc9ccc87)cc6cc54)c4ccccc4n3)cc21. The lowest BCUT2D eigenvalue weighted by Crippen LogP contribution is -2.15. The van der Waals surface area contributed by atoms with Crippen molar-refractivity contribution in [3.8, 4) is 34.0 Å². The van der Waals surface area contributed by atoms with Gasteiger partial charge in [0.25, 0.3) is 0 Å². The molecular formula is C55H36N4. The minimum absolute atomic E-state index is 0.124. The number of nitrogens with zero attached hydrogens (tertiary/aromatic N) is 4. The van der Waals surface area contributed by atoms with Gasteiger partial charge in [-0.15, -0.1) is 0 Å². The minimum atomic E-state index is -0.124. The molecule has 0 N–H and O–H groups in total. The quantitative estimate of drug-likeness (QED) is 0.180. The highest BCUT2D eigenvalue weighted by Crippen LogP contribution is 2.49. The summed E-state index contributed by atoms with van der Waals surface area (Å²) in [7, 11) is 0. The molecule has 4 heteroatoms. The largest absolute Gasteiger partial charge is 0.309 e. The zero-order valence-electron chi connectivity index (χ0n) is 32.6. The van der Waals surface area contributed by atoms with E-state index in [0.29, 0.717) is 0 Å². The molecule has 1 aliphatic carbocycles. The van der Waals surface area contributed by atoms with Gasteiger partial charge in [0, 0.05) is 43.6 Å². The molecular weight excluding hydrogens is 717 g/mol. The van der Waals surface area contributed by atoms with Crippen LogP contribution in [0.25, 0.3) is 110 Å². The van der Waals surface area contributed by atoms with Crippen molar-refractivity contribution < 1.29 is 0 Å². The molecule has 0 saturated heterocycles. The van der Waals surface area contributed by atoms with E-state index in [1.807, 2.05) is 0 Å². The monoisotopic (exact) mass is 752 g/mol. The van der Waals surface area contributed by atoms with Crippen LogP contribution in [-0.2, 0) is 5.41 Å². The van der Waals surface area contributed by atoms with Crippen molar-refractivity contribution in [2.45, 2.75) is 19.3 Å². The summed E-state index contributed by atoms with van der Waals surface area (Å²) in [5.41, 5.74) is 12.9. The minimum Gasteiger partial charge on any atom is -0.309 e. The Morgan fingerprint density at radius 2 is 1.10 bits per heavy atom. The Kier molecular flexibility index (Phi) is 6.48. The number of fused-ring (bicyclic) bond motifs is 13. The van der Waals surface area contributed by atoms with Gasteiger partial charge in [-0.2, -0.15) is 0 Å². The standard InChI is InChI=1S/C55H36N4/c1-55(2)45-19-9-5-15-39(45)40-27-24-35(31-46(40)55)53-56-47-20-10-6-17-42(47)54(57-53)59-48-21-11-7-16-41(48)44-30-34-23-26-37(29-36(34)32-51(44)59)58-49-22-12-8-18-43(49)52-38-14-4-3-13-33(38)25-28-50(52)58/h3-32H,1-2H3. The van der Waals surface area contributed by atoms with Crippen molar-refractivity contribution >= 4 is 76.1 Å². The van der Waals surface area contributed by atoms with Crippen LogP contribution in [0.1, 0.15) is 25.0 Å². The zero-order valence-corrected chi connectivity index (χ0v) is 32.6. The molecule has 9 aromatic carbocycles. The normalized spacial score (nSPS) is 13.4. The van der Waals surface area contributed by atoms with Gasteiger partial charge in [0.05, 0.1) is 27.6 Å². The fourth-order valence-electron chi connectivity index (χ4n) is 10.3. The molecule has 0 radical (unpaired) electrons. The van der Waals surface area contributed by atoms with E-state index in [1.165, 1.54) is 76.4 Å². The number of hydrogen-bond donors (Lipinski definition) is 0. The molecule has 0 spiro atoms. The first-order valence-corrected chi connectivity index (χ1v) is 20.4. The topological polar surface area (TPSA) is 35.6 Å². The van der Waals surface area contributed by atoms with Crippen LogP contribution in [0.5, 0.6) is 0 Å². The molecule has 0 fully saturated rings. The molecule has 1 aliphatic rings. The number of aromatic nitrogens is 4. The maximum Gasteiger partial charge on any atom is 0.162 e. The average molecular weight is 753 g/mol. The molecule has 4 nitrogen and oxygen atoms in total. The first kappa shape index (κ1) is 32.5. The van der Waals surface area contributed by atoms with Crippen LogP contribution in [0.2, 0.25) is 0 Å². The molecule has 59 heavy (non-hydrogen) atoms. The fraction of sp³-hybridized carbons (Fsp3) is 0.0545. The second-order valence-electron chi connectivity index (χ2n) is 16.6. The molecule has 3 heterocycles. The van der Waals surface area contributed by atoms with Crippen molar-refractivity contribution in [1.82, 2.24) is 19.1 Å². The van der Waals surface area contributed by atoms with Crippen LogP contribution in [-0.4, -0.2) is 19.1 Å². The fourth-order valence-corrected chi connectivity index (χ4v) is 10.3. The summed E-state index contributed by atoms with van der Waals surface area (Å²) in [6, 6.07) is 66.4. The molecule has 0 saturated carbocycles. The van der Waals surface area contributed by atoms with Crippen molar-refractivity contribution in [2.24, 2.45) is 0 Å². The second kappa shape index (κ2) is 11.7. The van der Waals surface area contributed by atoms with Gasteiger partial charge in [0.15, 0.2) is 5.82 Å². The average Bonchev–Trinajstić information content (AvgIpc) is 3.87. The molecule has 276 valence electrons. The summed E-state index contributed by atoms with van der Waals surface area (Å²) in [5, 5.41) is 10.9. The van der Waals surface area contributed by atoms with Crippen LogP contribution in [0.15, 0.2) is 182 Å². The third-order valence-corrected chi connectivity index (χ3v) is 13.1. The van der Waals surface area contributed by atoms with E-state index < -0.39 is 0 Å². The van der Waals surface area contributed by atoms with E-state index in [2.05, 4.69) is 205 Å². The summed E-state index contributed by atoms with van der Waals surface area (Å²) in [4.78, 5) is 10.7. The predicted octanol–water partition coefficient (Wildman–Crippen LogP) is 14.1. The molecule has 0 unspecified atom stereocenters. The lowest BCUT2D eigenvalue weighted by atomic mass is 9.82. The molecule has 0 atom stereocenters. The zero-order chi connectivity index (χ0) is 39.0. The van der Waals surface area contributed by atoms with E-state index in [4.69, 9.17) is 9.97 Å². The third-order valence-electron chi connectivity index (χ3n) is 13.1. The molecule has 12 aromatic rings. The Balaban J connectivity index is 1.05. The number of benzene rings is 9. The first-order valence-electron chi connectivity index (χ1n) is 20.4. The molecule has 0 aliphatic heterocycles. The third kappa shape index (κ3) is 4.49. The van der Waals surface area contributed by atoms with Gasteiger partial charge in [-0.25, -0.2) is 9.97 Å². The van der Waals surface area contributed by atoms with Crippen molar-refractivity contribution in [2.75, 3.05) is 0 Å². The Bertz CT molecular complexity index is 3770. The molecule has 3 aromatic heterocycles. The van der Waals surface area contributed by atoms with Crippen LogP contribution < -0.4 is 0 Å². The highest BCUT2D eigenvalue weighted by atomic mass is 15.1. The van der Waals surface area contributed by atoms with Crippen LogP contribution >= 0.6 is 0 Å². The van der Waals surface area contributed by atoms with Crippen LogP contribution in [0.3, 0.4) is 0 Å². The number of hydrogen-bond acceptors (Lipinski definition) is 2. The first-order chi connectivity index (χ1) is 29.0. The van der Waals surface area contributed by atoms with E-state index in [9.17, 15) is 0 Å². The van der Waals surface area contributed by atoms with Crippen molar-refractivity contribution in [1.29, 1.82) is 0 Å². The Morgan fingerprint density at radius 1 is 0.407 bits per heavy atom. The summed E-state index contributed by atoms with van der Waals surface area (Å²) < 4.78 is 4.79. The molecule has 0 amide bonds. The van der Waals surface area contributed by atoms with Gasteiger partial charge in [-0.1, -0.05) is 135 Å². The van der Waals surface area contributed by atoms with E-state index in [0.717, 1.165) is 44.8 Å². The Morgan fingerprint density at radius 3 is 1.98 bits per heavy atom. The van der Waals surface area contributed by atoms with E-state index in [1.54, 1.807) is 0 Å². The van der Waals surface area contributed by atoms with Crippen molar-refractivity contribution in [3.63, 3.8) is 0 Å². The lowest BCUT2D eigenvalue weighted by Gasteiger charge is -2.22. The summed E-state index contributed by atoms with van der Waals surface area (Å²) in [6.45, 7) is 4.65. The van der Waals surface area contributed by atoms with Crippen LogP contribution in [0, 0.1) is 0 Å². The van der Waals surface area contributed by atoms with Gasteiger partial charge >= 0.3 is 0 Å². The predicted molar refractivity (Wildman–Crippen MR) is 246 cm³/mol. The Labute approximate surface area is 340 Å². The van der Waals surface area contributed by atoms with Crippen LogP contribution in [0.4, 0.5) is 0 Å². The van der Waals surface area contributed by atoms with Gasteiger partial charge in [0.2, 0.25) is 0 Å². The second-order valence-corrected chi connectivity index (χ2v) is 16.6. The van der Waals surface area contributed by atoms with E-state index >= 15 is 0 Å². The van der Waals surface area contributed by atoms with E-state index in [-0.39, 0.29) is 5.41 Å². The summed E-state index contributed by atoms with van der Waals surface area (Å²) in [6.07, 6.45) is 0.